The van der Waals surface area contributed by atoms with Gasteiger partial charge in [0, 0.05) is 5.75 Å². The minimum absolute atomic E-state index is 0.0443. The normalized spacial score (nSPS) is 17.5. The fourth-order valence-corrected chi connectivity index (χ4v) is 5.69. The largest absolute Gasteiger partial charge is 0.497 e. The first-order chi connectivity index (χ1) is 13.0. The van der Waals surface area contributed by atoms with Crippen LogP contribution in [-0.4, -0.2) is 48.6 Å². The smallest absolute Gasteiger partial charge is 0.262 e. The Morgan fingerprint density at radius 3 is 2.22 bits per heavy atom. The molecule has 2 N–H and O–H groups in total. The molecule has 0 saturated carbocycles. The van der Waals surface area contributed by atoms with Crippen molar-refractivity contribution in [2.75, 3.05) is 18.7 Å². The van der Waals surface area contributed by atoms with Crippen LogP contribution in [0.4, 0.5) is 0 Å². The van der Waals surface area contributed by atoms with Gasteiger partial charge in [-0.25, -0.2) is 13.9 Å². The fraction of sp³-hybridized carbons (Fsp3) is 0.235. The second kappa shape index (κ2) is 8.17. The summed E-state index contributed by atoms with van der Waals surface area (Å²) >= 11 is 1.30. The molecule has 0 radical (unpaired) electrons. The Labute approximate surface area is 161 Å². The highest BCUT2D eigenvalue weighted by molar-refractivity contribution is 8.00. The molecule has 0 spiro atoms. The van der Waals surface area contributed by atoms with E-state index in [2.05, 4.69) is 0 Å². The Kier molecular flexibility index (Phi) is 5.90. The van der Waals surface area contributed by atoms with Crippen LogP contribution >= 0.6 is 11.8 Å². The number of nitrogens with one attached hydrogen (secondary N) is 1. The summed E-state index contributed by atoms with van der Waals surface area (Å²) in [5.74, 6) is 1.44. The van der Waals surface area contributed by atoms with E-state index in [1.807, 2.05) is 0 Å². The van der Waals surface area contributed by atoms with E-state index in [0.717, 1.165) is 4.31 Å². The molecule has 8 nitrogen and oxygen atoms in total. The van der Waals surface area contributed by atoms with Crippen LogP contribution in [0.2, 0.25) is 0 Å². The second-order valence-corrected chi connectivity index (χ2v) is 8.52. The van der Waals surface area contributed by atoms with Gasteiger partial charge in [-0.1, -0.05) is 0 Å². The molecule has 0 aromatic heterocycles. The van der Waals surface area contributed by atoms with Crippen molar-refractivity contribution in [3.05, 3.63) is 48.5 Å². The van der Waals surface area contributed by atoms with E-state index in [4.69, 9.17) is 14.7 Å². The van der Waals surface area contributed by atoms with Gasteiger partial charge in [0.25, 0.3) is 5.91 Å². The molecule has 1 fully saturated rings. The third-order valence-electron chi connectivity index (χ3n) is 3.98. The van der Waals surface area contributed by atoms with Gasteiger partial charge >= 0.3 is 0 Å². The number of hydroxylamine groups is 1. The minimum atomic E-state index is -3.87. The number of hydrogen-bond donors (Lipinski definition) is 2. The predicted octanol–water partition coefficient (Wildman–Crippen LogP) is 2.06. The zero-order valence-corrected chi connectivity index (χ0v) is 16.0. The molecule has 27 heavy (non-hydrogen) atoms. The third-order valence-corrected chi connectivity index (χ3v) is 7.02. The van der Waals surface area contributed by atoms with Crippen molar-refractivity contribution in [2.24, 2.45) is 0 Å². The molecule has 1 saturated heterocycles. The van der Waals surface area contributed by atoms with E-state index in [9.17, 15) is 13.2 Å². The van der Waals surface area contributed by atoms with Crippen LogP contribution in [0.5, 0.6) is 17.2 Å². The van der Waals surface area contributed by atoms with Crippen LogP contribution in [0.15, 0.2) is 53.4 Å². The third kappa shape index (κ3) is 4.19. The van der Waals surface area contributed by atoms with Gasteiger partial charge in [-0.05, 0) is 48.5 Å². The van der Waals surface area contributed by atoms with E-state index >= 15 is 0 Å². The highest BCUT2D eigenvalue weighted by Gasteiger charge is 2.39. The van der Waals surface area contributed by atoms with Gasteiger partial charge in [0.1, 0.15) is 23.3 Å². The summed E-state index contributed by atoms with van der Waals surface area (Å²) in [6.07, 6.45) is 0. The Bertz CT molecular complexity index is 900. The summed E-state index contributed by atoms with van der Waals surface area (Å²) in [5, 5.41) is 8.80. The summed E-state index contributed by atoms with van der Waals surface area (Å²) in [4.78, 5) is 11.7. The van der Waals surface area contributed by atoms with E-state index in [1.165, 1.54) is 29.4 Å². The molecule has 2 aromatic carbocycles. The number of carbonyl (C=O) groups is 1. The molecule has 0 unspecified atom stereocenters. The Morgan fingerprint density at radius 1 is 1.11 bits per heavy atom. The topological polar surface area (TPSA) is 105 Å². The lowest BCUT2D eigenvalue weighted by Crippen LogP contribution is -2.46. The quantitative estimate of drug-likeness (QED) is 0.555. The maximum absolute atomic E-state index is 12.8. The summed E-state index contributed by atoms with van der Waals surface area (Å²) in [6.45, 7) is 0. The van der Waals surface area contributed by atoms with Crippen molar-refractivity contribution >= 4 is 27.7 Å². The van der Waals surface area contributed by atoms with Crippen molar-refractivity contribution in [3.63, 3.8) is 0 Å². The first kappa shape index (κ1) is 19.5. The van der Waals surface area contributed by atoms with E-state index < -0.39 is 22.0 Å². The van der Waals surface area contributed by atoms with Crippen LogP contribution in [-0.2, 0) is 14.8 Å². The maximum atomic E-state index is 12.8. The Morgan fingerprint density at radius 2 is 1.67 bits per heavy atom. The minimum Gasteiger partial charge on any atom is -0.497 e. The van der Waals surface area contributed by atoms with Crippen molar-refractivity contribution in [1.82, 2.24) is 9.79 Å². The van der Waals surface area contributed by atoms with Crippen LogP contribution in [0, 0.1) is 0 Å². The molecule has 1 amide bonds. The number of hydrogen-bond acceptors (Lipinski definition) is 7. The van der Waals surface area contributed by atoms with E-state index in [-0.39, 0.29) is 16.5 Å². The van der Waals surface area contributed by atoms with Gasteiger partial charge in [0.15, 0.2) is 0 Å². The van der Waals surface area contributed by atoms with Gasteiger partial charge in [-0.3, -0.25) is 10.0 Å². The number of rotatable bonds is 6. The lowest BCUT2D eigenvalue weighted by Gasteiger charge is -2.21. The van der Waals surface area contributed by atoms with Crippen LogP contribution in [0.25, 0.3) is 0 Å². The zero-order valence-electron chi connectivity index (χ0n) is 14.4. The maximum Gasteiger partial charge on any atom is 0.262 e. The molecule has 1 aliphatic heterocycles. The molecule has 1 heterocycles. The number of ether oxygens (including phenoxy) is 2. The first-order valence-electron chi connectivity index (χ1n) is 7.91. The van der Waals surface area contributed by atoms with Crippen molar-refractivity contribution in [3.8, 4) is 17.2 Å². The molecule has 2 aromatic rings. The summed E-state index contributed by atoms with van der Waals surface area (Å²) in [7, 11) is -2.30. The van der Waals surface area contributed by atoms with Gasteiger partial charge in [0.2, 0.25) is 10.0 Å². The average Bonchev–Trinajstić information content (AvgIpc) is 3.19. The number of benzene rings is 2. The molecule has 3 rings (SSSR count). The summed E-state index contributed by atoms with van der Waals surface area (Å²) in [5.41, 5.74) is 1.52. The standard InChI is InChI=1S/C17H18N2O6S2/c1-24-12-2-4-13(5-3-12)25-14-6-8-15(9-7-14)27(22,23)19-11-26-10-16(19)17(20)18-21/h2-9,16,21H,10-11H2,1H3,(H,18,20)/t16-/m0/s1. The van der Waals surface area contributed by atoms with Crippen molar-refractivity contribution in [1.29, 1.82) is 0 Å². The molecule has 1 atom stereocenters. The molecule has 0 bridgehead atoms. The molecular weight excluding hydrogens is 392 g/mol. The Hall–Kier alpha value is -2.27. The molecule has 0 aliphatic carbocycles. The van der Waals surface area contributed by atoms with Crippen molar-refractivity contribution in [2.45, 2.75) is 10.9 Å². The number of thioether (sulfide) groups is 1. The predicted molar refractivity (Wildman–Crippen MR) is 99.6 cm³/mol. The number of carbonyl (C=O) groups excluding carboxylic acids is 1. The van der Waals surface area contributed by atoms with Gasteiger partial charge < -0.3 is 9.47 Å². The monoisotopic (exact) mass is 410 g/mol. The highest BCUT2D eigenvalue weighted by atomic mass is 32.2. The van der Waals surface area contributed by atoms with Gasteiger partial charge in [0.05, 0.1) is 17.9 Å². The number of sulfonamides is 1. The average molecular weight is 410 g/mol. The molecule has 1 aliphatic rings. The second-order valence-electron chi connectivity index (χ2n) is 5.63. The molecule has 144 valence electrons. The molecule has 10 heteroatoms. The molecular formula is C17H18N2O6S2. The number of amides is 1. The van der Waals surface area contributed by atoms with Gasteiger partial charge in [-0.15, -0.1) is 11.8 Å². The first-order valence-corrected chi connectivity index (χ1v) is 10.5. The Balaban J connectivity index is 1.76. The number of methoxy groups -OCH3 is 1. The highest BCUT2D eigenvalue weighted by Crippen LogP contribution is 2.30. The van der Waals surface area contributed by atoms with E-state index in [0.29, 0.717) is 17.2 Å². The summed E-state index contributed by atoms with van der Waals surface area (Å²) < 4.78 is 37.4. The van der Waals surface area contributed by atoms with Crippen LogP contribution in [0.1, 0.15) is 0 Å². The van der Waals surface area contributed by atoms with Crippen LogP contribution < -0.4 is 15.0 Å². The fourth-order valence-electron chi connectivity index (χ4n) is 2.54. The lowest BCUT2D eigenvalue weighted by molar-refractivity contribution is -0.132. The SMILES string of the molecule is COc1ccc(Oc2ccc(S(=O)(=O)N3CSC[C@H]3C(=O)NO)cc2)cc1. The zero-order chi connectivity index (χ0) is 19.4. The summed E-state index contributed by atoms with van der Waals surface area (Å²) in [6, 6.07) is 12.0. The number of nitrogens with zero attached hydrogens (tertiary/aromatic N) is 1. The van der Waals surface area contributed by atoms with E-state index in [1.54, 1.807) is 43.5 Å². The lowest BCUT2D eigenvalue weighted by atomic mass is 10.3. The van der Waals surface area contributed by atoms with Gasteiger partial charge in [-0.2, -0.15) is 4.31 Å². The van der Waals surface area contributed by atoms with Crippen LogP contribution in [0.3, 0.4) is 0 Å². The van der Waals surface area contributed by atoms with Crippen molar-refractivity contribution < 1.29 is 27.9 Å².